The molecule has 0 saturated heterocycles. The first-order valence-electron chi connectivity index (χ1n) is 7.82. The molecule has 2 heterocycles. The van der Waals surface area contributed by atoms with Gasteiger partial charge in [-0.25, -0.2) is 4.98 Å². The molecule has 1 aromatic carbocycles. The second kappa shape index (κ2) is 6.07. The molecule has 0 radical (unpaired) electrons. The molecular formula is C18H18N2O4S. The van der Waals surface area contributed by atoms with Crippen LogP contribution in [0.15, 0.2) is 18.2 Å². The molecule has 0 saturated carbocycles. The number of aromatic nitrogens is 1. The number of carbonyl (C=O) groups is 3. The molecule has 0 bridgehead atoms. The molecule has 1 amide bonds. The first kappa shape index (κ1) is 17.3. The first-order chi connectivity index (χ1) is 11.7. The lowest BCUT2D eigenvalue weighted by molar-refractivity contribution is 0.0620. The van der Waals surface area contributed by atoms with Crippen LogP contribution in [0.5, 0.6) is 5.75 Å². The fraction of sp³-hybridized carbons (Fsp3) is 0.333. The number of rotatable bonds is 3. The van der Waals surface area contributed by atoms with E-state index in [2.05, 4.69) is 10.3 Å². The van der Waals surface area contributed by atoms with Gasteiger partial charge in [-0.05, 0) is 39.0 Å². The monoisotopic (exact) mass is 358 g/mol. The molecule has 1 aliphatic heterocycles. The second-order valence-corrected chi connectivity index (χ2v) is 7.62. The SMILES string of the molecule is CC(=O)c1sc(NC(=O)c2ccc3c(c2)C(=O)CC(C)(C)O3)nc1C. The molecule has 0 aliphatic carbocycles. The van der Waals surface area contributed by atoms with Crippen LogP contribution >= 0.6 is 11.3 Å². The minimum Gasteiger partial charge on any atom is -0.487 e. The zero-order valence-electron chi connectivity index (χ0n) is 14.4. The largest absolute Gasteiger partial charge is 0.487 e. The molecule has 3 rings (SSSR count). The van der Waals surface area contributed by atoms with Gasteiger partial charge in [-0.1, -0.05) is 11.3 Å². The Morgan fingerprint density at radius 2 is 2.04 bits per heavy atom. The van der Waals surface area contributed by atoms with Crippen LogP contribution in [0.4, 0.5) is 5.13 Å². The van der Waals surface area contributed by atoms with E-state index in [4.69, 9.17) is 4.74 Å². The maximum atomic E-state index is 12.4. The molecule has 0 spiro atoms. The highest BCUT2D eigenvalue weighted by Gasteiger charge is 2.32. The predicted molar refractivity (Wildman–Crippen MR) is 94.9 cm³/mol. The summed E-state index contributed by atoms with van der Waals surface area (Å²) in [5, 5.41) is 3.03. The van der Waals surface area contributed by atoms with Crippen molar-refractivity contribution in [2.45, 2.75) is 39.7 Å². The van der Waals surface area contributed by atoms with Gasteiger partial charge in [0.05, 0.1) is 22.6 Å². The van der Waals surface area contributed by atoms with Gasteiger partial charge in [0.25, 0.3) is 5.91 Å². The van der Waals surface area contributed by atoms with Crippen LogP contribution in [0.25, 0.3) is 0 Å². The Morgan fingerprint density at radius 3 is 2.68 bits per heavy atom. The van der Waals surface area contributed by atoms with Crippen molar-refractivity contribution in [3.8, 4) is 5.75 Å². The lowest BCUT2D eigenvalue weighted by Crippen LogP contribution is -2.36. The lowest BCUT2D eigenvalue weighted by atomic mass is 9.92. The Balaban J connectivity index is 1.84. The highest BCUT2D eigenvalue weighted by Crippen LogP contribution is 2.33. The number of fused-ring (bicyclic) bond motifs is 1. The Labute approximate surface area is 149 Å². The Hall–Kier alpha value is -2.54. The molecule has 1 aliphatic rings. The summed E-state index contributed by atoms with van der Waals surface area (Å²) in [6.45, 7) is 6.89. The Morgan fingerprint density at radius 1 is 1.32 bits per heavy atom. The normalized spacial score (nSPS) is 15.3. The highest BCUT2D eigenvalue weighted by atomic mass is 32.1. The van der Waals surface area contributed by atoms with Gasteiger partial charge < -0.3 is 4.74 Å². The van der Waals surface area contributed by atoms with E-state index in [-0.39, 0.29) is 23.9 Å². The average Bonchev–Trinajstić information content (AvgIpc) is 2.86. The predicted octanol–water partition coefficient (Wildman–Crippen LogP) is 3.65. The van der Waals surface area contributed by atoms with Crippen molar-refractivity contribution in [3.05, 3.63) is 39.9 Å². The summed E-state index contributed by atoms with van der Waals surface area (Å²) in [6.07, 6.45) is 0.263. The number of Topliss-reactive ketones (excluding diaryl/α,β-unsaturated/α-hetero) is 2. The van der Waals surface area contributed by atoms with E-state index in [0.717, 1.165) is 11.3 Å². The van der Waals surface area contributed by atoms with Crippen LogP contribution in [0.3, 0.4) is 0 Å². The smallest absolute Gasteiger partial charge is 0.257 e. The van der Waals surface area contributed by atoms with E-state index in [1.807, 2.05) is 13.8 Å². The zero-order chi connectivity index (χ0) is 18.4. The number of amides is 1. The van der Waals surface area contributed by atoms with Gasteiger partial charge in [-0.2, -0.15) is 0 Å². The standard InChI is InChI=1S/C18H18N2O4S/c1-9-15(10(2)21)25-17(19-9)20-16(23)11-5-6-14-12(7-11)13(22)8-18(3,4)24-14/h5-7H,8H2,1-4H3,(H,19,20,23). The second-order valence-electron chi connectivity index (χ2n) is 6.62. The van der Waals surface area contributed by atoms with Gasteiger partial charge in [0, 0.05) is 12.5 Å². The number of aryl methyl sites for hydroxylation is 1. The lowest BCUT2D eigenvalue weighted by Gasteiger charge is -2.31. The molecule has 25 heavy (non-hydrogen) atoms. The maximum Gasteiger partial charge on any atom is 0.257 e. The summed E-state index contributed by atoms with van der Waals surface area (Å²) in [5.41, 5.74) is 0.790. The van der Waals surface area contributed by atoms with Crippen LogP contribution < -0.4 is 10.1 Å². The number of ether oxygens (including phenoxy) is 1. The number of hydrogen-bond donors (Lipinski definition) is 1. The van der Waals surface area contributed by atoms with Crippen LogP contribution in [0, 0.1) is 6.92 Å². The molecule has 7 heteroatoms. The summed E-state index contributed by atoms with van der Waals surface area (Å²) in [5.74, 6) is -0.0365. The number of thiazole rings is 1. The number of carbonyl (C=O) groups excluding carboxylic acids is 3. The number of nitrogens with zero attached hydrogens (tertiary/aromatic N) is 1. The summed E-state index contributed by atoms with van der Waals surface area (Å²) in [4.78, 5) is 40.9. The van der Waals surface area contributed by atoms with E-state index in [9.17, 15) is 14.4 Å². The number of ketones is 2. The number of benzene rings is 1. The van der Waals surface area contributed by atoms with E-state index >= 15 is 0 Å². The summed E-state index contributed by atoms with van der Waals surface area (Å²) in [7, 11) is 0. The molecule has 130 valence electrons. The fourth-order valence-electron chi connectivity index (χ4n) is 2.74. The third kappa shape index (κ3) is 3.46. The van der Waals surface area contributed by atoms with Crippen molar-refractivity contribution in [2.24, 2.45) is 0 Å². The van der Waals surface area contributed by atoms with Crippen LogP contribution in [0.1, 0.15) is 63.3 Å². The molecule has 0 unspecified atom stereocenters. The minimum absolute atomic E-state index is 0.0511. The van der Waals surface area contributed by atoms with Crippen molar-refractivity contribution >= 4 is 33.9 Å². The van der Waals surface area contributed by atoms with Crippen molar-refractivity contribution in [1.82, 2.24) is 4.98 Å². The molecule has 6 nitrogen and oxygen atoms in total. The molecule has 2 aromatic rings. The summed E-state index contributed by atoms with van der Waals surface area (Å²) in [6, 6.07) is 4.78. The third-order valence-electron chi connectivity index (χ3n) is 3.85. The van der Waals surface area contributed by atoms with Gasteiger partial charge in [0.15, 0.2) is 16.7 Å². The minimum atomic E-state index is -0.546. The van der Waals surface area contributed by atoms with Gasteiger partial charge >= 0.3 is 0 Å². The molecule has 1 aromatic heterocycles. The number of hydrogen-bond acceptors (Lipinski definition) is 6. The van der Waals surface area contributed by atoms with Crippen molar-refractivity contribution in [3.63, 3.8) is 0 Å². The number of nitrogens with one attached hydrogen (secondary N) is 1. The van der Waals surface area contributed by atoms with E-state index < -0.39 is 5.60 Å². The molecular weight excluding hydrogens is 340 g/mol. The first-order valence-corrected chi connectivity index (χ1v) is 8.64. The van der Waals surface area contributed by atoms with Crippen LogP contribution in [0.2, 0.25) is 0 Å². The van der Waals surface area contributed by atoms with Gasteiger partial charge in [0.1, 0.15) is 11.4 Å². The van der Waals surface area contributed by atoms with Crippen LogP contribution in [-0.4, -0.2) is 28.1 Å². The van der Waals surface area contributed by atoms with Gasteiger partial charge in [-0.3, -0.25) is 19.7 Å². The third-order valence-corrected chi connectivity index (χ3v) is 5.03. The summed E-state index contributed by atoms with van der Waals surface area (Å²) < 4.78 is 5.79. The fourth-order valence-corrected chi connectivity index (χ4v) is 3.60. The maximum absolute atomic E-state index is 12.4. The van der Waals surface area contributed by atoms with E-state index in [1.165, 1.54) is 13.0 Å². The topological polar surface area (TPSA) is 85.4 Å². The van der Waals surface area contributed by atoms with E-state index in [1.54, 1.807) is 19.1 Å². The number of anilines is 1. The average molecular weight is 358 g/mol. The zero-order valence-corrected chi connectivity index (χ0v) is 15.2. The van der Waals surface area contributed by atoms with E-state index in [0.29, 0.717) is 32.6 Å². The molecule has 0 fully saturated rings. The molecule has 1 N–H and O–H groups in total. The van der Waals surface area contributed by atoms with Crippen LogP contribution in [-0.2, 0) is 0 Å². The Bertz CT molecular complexity index is 898. The summed E-state index contributed by atoms with van der Waals surface area (Å²) >= 11 is 1.14. The van der Waals surface area contributed by atoms with Gasteiger partial charge in [0.2, 0.25) is 0 Å². The quantitative estimate of drug-likeness (QED) is 0.847. The van der Waals surface area contributed by atoms with Gasteiger partial charge in [-0.15, -0.1) is 0 Å². The Kier molecular flexibility index (Phi) is 4.20. The molecule has 0 atom stereocenters. The van der Waals surface area contributed by atoms with Crippen molar-refractivity contribution in [1.29, 1.82) is 0 Å². The van der Waals surface area contributed by atoms with Crippen molar-refractivity contribution < 1.29 is 19.1 Å². The van der Waals surface area contributed by atoms with Crippen molar-refractivity contribution in [2.75, 3.05) is 5.32 Å². The highest BCUT2D eigenvalue weighted by molar-refractivity contribution is 7.17.